The molecule has 0 amide bonds. The predicted molar refractivity (Wildman–Crippen MR) is 113 cm³/mol. The number of aliphatic hydroxyl groups is 1. The van der Waals surface area contributed by atoms with Crippen LogP contribution in [-0.2, 0) is 4.79 Å². The molecule has 0 saturated carbocycles. The molecule has 1 N–H and O–H groups in total. The van der Waals surface area contributed by atoms with E-state index < -0.39 is 6.10 Å². The summed E-state index contributed by atoms with van der Waals surface area (Å²) in [6, 6.07) is 0. The van der Waals surface area contributed by atoms with Crippen LogP contribution in [0.3, 0.4) is 0 Å². The first-order valence-electron chi connectivity index (χ1n) is 7.40. The molecule has 126 valence electrons. The molecule has 2 nitrogen and oxygen atoms in total. The summed E-state index contributed by atoms with van der Waals surface area (Å²) in [7, 11) is 0. The van der Waals surface area contributed by atoms with Crippen LogP contribution in [-0.4, -0.2) is 22.4 Å². The van der Waals surface area contributed by atoms with Crippen LogP contribution >= 0.6 is 56.8 Å². The van der Waals surface area contributed by atoms with E-state index in [1.165, 1.54) is 6.08 Å². The van der Waals surface area contributed by atoms with Gasteiger partial charge in [0.15, 0.2) is 5.78 Å². The fourth-order valence-corrected chi connectivity index (χ4v) is 3.81. The number of hydrogen-bond acceptors (Lipinski definition) is 2. The number of alkyl halides is 1. The van der Waals surface area contributed by atoms with Crippen LogP contribution in [0.15, 0.2) is 32.5 Å². The van der Waals surface area contributed by atoms with Crippen LogP contribution in [0, 0.1) is 5.92 Å². The maximum absolute atomic E-state index is 11.7. The Morgan fingerprint density at radius 3 is 2.32 bits per heavy atom. The highest BCUT2D eigenvalue weighted by Crippen LogP contribution is 2.21. The van der Waals surface area contributed by atoms with Gasteiger partial charge >= 0.3 is 0 Å². The monoisotopic (exact) mass is 550 g/mol. The zero-order valence-corrected chi connectivity index (χ0v) is 18.1. The van der Waals surface area contributed by atoms with Gasteiger partial charge in [-0.3, -0.25) is 4.79 Å². The Morgan fingerprint density at radius 2 is 1.77 bits per heavy atom. The minimum Gasteiger partial charge on any atom is -0.389 e. The van der Waals surface area contributed by atoms with Crippen molar-refractivity contribution in [2.75, 3.05) is 0 Å². The fourth-order valence-electron chi connectivity index (χ4n) is 1.97. The molecule has 0 saturated heterocycles. The van der Waals surface area contributed by atoms with Crippen LogP contribution in [0.2, 0.25) is 0 Å². The van der Waals surface area contributed by atoms with Crippen molar-refractivity contribution in [1.82, 2.24) is 0 Å². The van der Waals surface area contributed by atoms with Crippen molar-refractivity contribution in [3.63, 3.8) is 0 Å². The standard InChI is InChI=1S/C17H25ClI2O2/c1-12(10-13(2)19)4-6-16(21)8-9-17(22)7-5-15(18)11-14(3)20/h8-9,12,15-16,21H,2-7,10-11H2,1H3/b9-8+/t12-,15+,16?/m0/s1. The van der Waals surface area contributed by atoms with Gasteiger partial charge in [-0.1, -0.05) is 26.2 Å². The third kappa shape index (κ3) is 14.2. The average Bonchev–Trinajstić information content (AvgIpc) is 2.39. The number of rotatable bonds is 12. The Morgan fingerprint density at radius 1 is 1.18 bits per heavy atom. The van der Waals surface area contributed by atoms with Gasteiger partial charge in [0, 0.05) is 11.8 Å². The number of carbonyl (C=O) groups is 1. The third-order valence-corrected chi connectivity index (χ3v) is 4.43. The molecule has 0 bridgehead atoms. The van der Waals surface area contributed by atoms with E-state index in [1.807, 2.05) is 0 Å². The first-order valence-corrected chi connectivity index (χ1v) is 9.99. The molecule has 1 unspecified atom stereocenters. The average molecular weight is 551 g/mol. The second kappa shape index (κ2) is 13.0. The van der Waals surface area contributed by atoms with Gasteiger partial charge < -0.3 is 5.11 Å². The van der Waals surface area contributed by atoms with Crippen molar-refractivity contribution in [2.24, 2.45) is 5.92 Å². The van der Waals surface area contributed by atoms with Gasteiger partial charge in [-0.05, 0) is 96.4 Å². The van der Waals surface area contributed by atoms with Gasteiger partial charge in [-0.15, -0.1) is 11.6 Å². The fraction of sp³-hybridized carbons (Fsp3) is 0.588. The van der Waals surface area contributed by atoms with Gasteiger partial charge in [0.2, 0.25) is 0 Å². The molecule has 0 aromatic rings. The topological polar surface area (TPSA) is 37.3 Å². The first kappa shape index (κ1) is 22.6. The molecule has 22 heavy (non-hydrogen) atoms. The zero-order valence-electron chi connectivity index (χ0n) is 13.0. The van der Waals surface area contributed by atoms with E-state index in [9.17, 15) is 9.90 Å². The van der Waals surface area contributed by atoms with Crippen LogP contribution in [0.1, 0.15) is 45.4 Å². The summed E-state index contributed by atoms with van der Waals surface area (Å²) in [5.74, 6) is 0.513. The van der Waals surface area contributed by atoms with Crippen LogP contribution in [0.25, 0.3) is 0 Å². The summed E-state index contributed by atoms with van der Waals surface area (Å²) >= 11 is 10.5. The number of allylic oxidation sites excluding steroid dienone is 3. The molecular formula is C17H25ClI2O2. The van der Waals surface area contributed by atoms with Crippen LogP contribution < -0.4 is 0 Å². The summed E-state index contributed by atoms with van der Waals surface area (Å²) in [5, 5.41) is 9.83. The van der Waals surface area contributed by atoms with E-state index in [2.05, 4.69) is 65.3 Å². The second-order valence-corrected chi connectivity index (χ2v) is 9.32. The number of hydrogen-bond donors (Lipinski definition) is 1. The maximum atomic E-state index is 11.7. The molecule has 3 atom stereocenters. The summed E-state index contributed by atoms with van der Waals surface area (Å²) in [6.07, 6.45) is 6.84. The number of carbonyl (C=O) groups excluding carboxylic acids is 1. The van der Waals surface area contributed by atoms with Crippen LogP contribution in [0.5, 0.6) is 0 Å². The number of ketones is 1. The van der Waals surface area contributed by atoms with E-state index in [0.717, 1.165) is 26.4 Å². The minimum absolute atomic E-state index is 0.0115. The summed E-state index contributed by atoms with van der Waals surface area (Å²) in [4.78, 5) is 11.7. The molecule has 0 aliphatic carbocycles. The first-order chi connectivity index (χ1) is 10.2. The van der Waals surface area contributed by atoms with Gasteiger partial charge in [0.05, 0.1) is 6.10 Å². The Hall–Kier alpha value is 0.600. The number of halogens is 3. The largest absolute Gasteiger partial charge is 0.389 e. The van der Waals surface area contributed by atoms with Crippen molar-refractivity contribution in [2.45, 2.75) is 56.9 Å². The van der Waals surface area contributed by atoms with Gasteiger partial charge in [0.25, 0.3) is 0 Å². The van der Waals surface area contributed by atoms with Gasteiger partial charge in [0.1, 0.15) is 0 Å². The Bertz CT molecular complexity index is 407. The summed E-state index contributed by atoms with van der Waals surface area (Å²) in [6.45, 7) is 9.83. The normalized spacial score (nSPS) is 15.5. The molecule has 0 aromatic heterocycles. The maximum Gasteiger partial charge on any atom is 0.155 e. The lowest BCUT2D eigenvalue weighted by molar-refractivity contribution is -0.114. The molecule has 0 rings (SSSR count). The Balaban J connectivity index is 3.95. The van der Waals surface area contributed by atoms with Crippen molar-refractivity contribution >= 4 is 62.6 Å². The van der Waals surface area contributed by atoms with E-state index in [0.29, 0.717) is 25.2 Å². The summed E-state index contributed by atoms with van der Waals surface area (Å²) in [5.41, 5.74) is 0. The molecule has 0 radical (unpaired) electrons. The lowest BCUT2D eigenvalue weighted by Gasteiger charge is -2.12. The van der Waals surface area contributed by atoms with E-state index >= 15 is 0 Å². The quantitative estimate of drug-likeness (QED) is 0.185. The lowest BCUT2D eigenvalue weighted by atomic mass is 9.99. The highest BCUT2D eigenvalue weighted by atomic mass is 127. The van der Waals surface area contributed by atoms with Crippen molar-refractivity contribution in [1.29, 1.82) is 0 Å². The molecule has 0 heterocycles. The highest BCUT2D eigenvalue weighted by molar-refractivity contribution is 14.1. The van der Waals surface area contributed by atoms with E-state index in [4.69, 9.17) is 11.6 Å². The lowest BCUT2D eigenvalue weighted by Crippen LogP contribution is -2.07. The van der Waals surface area contributed by atoms with Crippen molar-refractivity contribution in [3.05, 3.63) is 32.5 Å². The Labute approximate surface area is 166 Å². The van der Waals surface area contributed by atoms with Crippen molar-refractivity contribution < 1.29 is 9.90 Å². The molecule has 0 fully saturated rings. The Kier molecular flexibility index (Phi) is 13.3. The molecular weight excluding hydrogens is 525 g/mol. The van der Waals surface area contributed by atoms with Crippen LogP contribution in [0.4, 0.5) is 0 Å². The molecule has 5 heteroatoms. The smallest absolute Gasteiger partial charge is 0.155 e. The minimum atomic E-state index is -0.560. The SMILES string of the molecule is C=C(I)C[C@@H](C)CCC(O)/C=C/C(=O)CC[C@@H](Cl)CC(=C)I. The number of aliphatic hydroxyl groups excluding tert-OH is 1. The third-order valence-electron chi connectivity index (χ3n) is 3.18. The summed E-state index contributed by atoms with van der Waals surface area (Å²) < 4.78 is 2.13. The molecule has 0 aliphatic rings. The second-order valence-electron chi connectivity index (χ2n) is 5.65. The molecule has 0 aromatic carbocycles. The van der Waals surface area contributed by atoms with E-state index in [-0.39, 0.29) is 11.2 Å². The zero-order chi connectivity index (χ0) is 17.1. The molecule has 0 aliphatic heterocycles. The predicted octanol–water partition coefficient (Wildman–Crippen LogP) is 5.95. The van der Waals surface area contributed by atoms with Crippen molar-refractivity contribution in [3.8, 4) is 0 Å². The van der Waals surface area contributed by atoms with E-state index in [1.54, 1.807) is 6.08 Å². The van der Waals surface area contributed by atoms with Gasteiger partial charge in [-0.25, -0.2) is 0 Å². The molecule has 0 spiro atoms. The van der Waals surface area contributed by atoms with Gasteiger partial charge in [-0.2, -0.15) is 0 Å². The highest BCUT2D eigenvalue weighted by Gasteiger charge is 2.09.